The summed E-state index contributed by atoms with van der Waals surface area (Å²) < 4.78 is 0. The van der Waals surface area contributed by atoms with Crippen molar-refractivity contribution in [1.29, 1.82) is 0 Å². The van der Waals surface area contributed by atoms with Crippen LogP contribution in [-0.2, 0) is 13.0 Å². The number of likely N-dealkylation sites (tertiary alicyclic amines) is 1. The molecular formula is C31H33N3O. The van der Waals surface area contributed by atoms with Crippen molar-refractivity contribution < 1.29 is 4.79 Å². The molecule has 0 saturated carbocycles. The Morgan fingerprint density at radius 1 is 0.943 bits per heavy atom. The average Bonchev–Trinajstić information content (AvgIpc) is 2.87. The van der Waals surface area contributed by atoms with Crippen LogP contribution in [-0.4, -0.2) is 34.4 Å². The number of nitrogens with zero attached hydrogens (tertiary/aromatic N) is 2. The normalized spacial score (nSPS) is 18.1. The molecule has 1 aliphatic heterocycles. The minimum atomic E-state index is 0.146. The smallest absolute Gasteiger partial charge is 0.254 e. The number of pyridine rings is 1. The van der Waals surface area contributed by atoms with Crippen LogP contribution < -0.4 is 5.32 Å². The Kier molecular flexibility index (Phi) is 6.91. The zero-order valence-corrected chi connectivity index (χ0v) is 20.6. The lowest BCUT2D eigenvalue weighted by Gasteiger charge is -2.40. The van der Waals surface area contributed by atoms with Crippen LogP contribution in [0.15, 0.2) is 85.1 Å². The van der Waals surface area contributed by atoms with Crippen LogP contribution in [0.5, 0.6) is 0 Å². The molecule has 1 N–H and O–H groups in total. The summed E-state index contributed by atoms with van der Waals surface area (Å²) in [4.78, 5) is 20.4. The van der Waals surface area contributed by atoms with Crippen molar-refractivity contribution in [3.63, 3.8) is 0 Å². The molecule has 1 aliphatic rings. The van der Waals surface area contributed by atoms with E-state index in [0.717, 1.165) is 60.1 Å². The van der Waals surface area contributed by atoms with Gasteiger partial charge < -0.3 is 10.2 Å². The van der Waals surface area contributed by atoms with Crippen molar-refractivity contribution in [3.05, 3.63) is 113 Å². The summed E-state index contributed by atoms with van der Waals surface area (Å²) in [5.74, 6) is 0.146. The van der Waals surface area contributed by atoms with Crippen LogP contribution in [0.3, 0.4) is 0 Å². The summed E-state index contributed by atoms with van der Waals surface area (Å²) >= 11 is 0. The van der Waals surface area contributed by atoms with Crippen molar-refractivity contribution in [2.45, 2.75) is 51.7 Å². The van der Waals surface area contributed by atoms with Crippen molar-refractivity contribution in [3.8, 4) is 0 Å². The first kappa shape index (κ1) is 23.3. The predicted octanol–water partition coefficient (Wildman–Crippen LogP) is 5.86. The van der Waals surface area contributed by atoms with E-state index < -0.39 is 0 Å². The van der Waals surface area contributed by atoms with Crippen molar-refractivity contribution in [1.82, 2.24) is 15.2 Å². The number of hydrogen-bond acceptors (Lipinski definition) is 3. The first-order valence-corrected chi connectivity index (χ1v) is 12.6. The van der Waals surface area contributed by atoms with E-state index in [1.807, 2.05) is 30.5 Å². The number of benzene rings is 3. The molecule has 2 heterocycles. The highest BCUT2D eigenvalue weighted by Crippen LogP contribution is 2.25. The molecule has 1 fully saturated rings. The fourth-order valence-corrected chi connectivity index (χ4v) is 5.32. The molecule has 1 amide bonds. The van der Waals surface area contributed by atoms with Gasteiger partial charge in [0.1, 0.15) is 0 Å². The Balaban J connectivity index is 1.31. The predicted molar refractivity (Wildman–Crippen MR) is 142 cm³/mol. The standard InChI is InChI=1S/C31H33N3O/c1-22-14-23(2)16-27(15-22)31(35)34-13-12-28(19-30(34)17-24-8-4-3-5-9-24)33-21-29-18-25-10-6-7-11-26(25)20-32-29/h3-11,14-16,18,20,28,30,33H,12-13,17,19,21H2,1-2H3/t28-,30+/m0/s1. The maximum absolute atomic E-state index is 13.6. The largest absolute Gasteiger partial charge is 0.335 e. The van der Waals surface area contributed by atoms with E-state index in [-0.39, 0.29) is 11.9 Å². The van der Waals surface area contributed by atoms with Gasteiger partial charge in [0.05, 0.1) is 5.69 Å². The summed E-state index contributed by atoms with van der Waals surface area (Å²) in [5.41, 5.74) is 5.39. The zero-order chi connectivity index (χ0) is 24.2. The van der Waals surface area contributed by atoms with E-state index in [1.54, 1.807) is 0 Å². The molecule has 0 bridgehead atoms. The van der Waals surface area contributed by atoms with Crippen molar-refractivity contribution in [2.75, 3.05) is 6.54 Å². The third-order valence-electron chi connectivity index (χ3n) is 7.02. The lowest BCUT2D eigenvalue weighted by atomic mass is 9.91. The number of carbonyl (C=O) groups excluding carboxylic acids is 1. The molecule has 5 rings (SSSR count). The van der Waals surface area contributed by atoms with E-state index in [2.05, 4.69) is 83.6 Å². The van der Waals surface area contributed by atoms with Gasteiger partial charge in [-0.15, -0.1) is 0 Å². The van der Waals surface area contributed by atoms with Crippen LogP contribution in [0, 0.1) is 13.8 Å². The van der Waals surface area contributed by atoms with Crippen LogP contribution >= 0.6 is 0 Å². The summed E-state index contributed by atoms with van der Waals surface area (Å²) in [6.45, 7) is 5.61. The second-order valence-electron chi connectivity index (χ2n) is 9.84. The van der Waals surface area contributed by atoms with E-state index in [0.29, 0.717) is 6.04 Å². The fourth-order valence-electron chi connectivity index (χ4n) is 5.32. The highest BCUT2D eigenvalue weighted by atomic mass is 16.2. The van der Waals surface area contributed by atoms with Gasteiger partial charge in [-0.1, -0.05) is 71.8 Å². The van der Waals surface area contributed by atoms with Crippen molar-refractivity contribution in [2.24, 2.45) is 0 Å². The SMILES string of the molecule is Cc1cc(C)cc(C(=O)N2CC[C@H](NCc3cc4ccccc4cn3)C[C@H]2Cc2ccccc2)c1. The molecule has 2 atom stereocenters. The fraction of sp³-hybridized carbons (Fsp3) is 0.290. The van der Waals surface area contributed by atoms with E-state index in [1.165, 1.54) is 10.9 Å². The Morgan fingerprint density at radius 2 is 1.66 bits per heavy atom. The molecule has 1 saturated heterocycles. The number of aryl methyl sites for hydroxylation is 2. The molecule has 3 aromatic carbocycles. The maximum atomic E-state index is 13.6. The highest BCUT2D eigenvalue weighted by Gasteiger charge is 2.32. The molecule has 4 aromatic rings. The highest BCUT2D eigenvalue weighted by molar-refractivity contribution is 5.95. The number of nitrogens with one attached hydrogen (secondary N) is 1. The third kappa shape index (κ3) is 5.60. The van der Waals surface area contributed by atoms with Gasteiger partial charge in [-0.3, -0.25) is 9.78 Å². The number of rotatable bonds is 6. The second-order valence-corrected chi connectivity index (χ2v) is 9.84. The molecule has 0 spiro atoms. The Labute approximate surface area is 208 Å². The number of hydrogen-bond donors (Lipinski definition) is 1. The molecule has 0 aliphatic carbocycles. The quantitative estimate of drug-likeness (QED) is 0.390. The molecule has 35 heavy (non-hydrogen) atoms. The van der Waals surface area contributed by atoms with Crippen LogP contribution in [0.25, 0.3) is 10.8 Å². The zero-order valence-electron chi connectivity index (χ0n) is 20.6. The van der Waals surface area contributed by atoms with Crippen LogP contribution in [0.2, 0.25) is 0 Å². The van der Waals surface area contributed by atoms with Gasteiger partial charge in [0.25, 0.3) is 5.91 Å². The lowest BCUT2D eigenvalue weighted by Crippen LogP contribution is -2.51. The number of piperidine rings is 1. The van der Waals surface area contributed by atoms with Gasteiger partial charge in [0.2, 0.25) is 0 Å². The molecule has 0 unspecified atom stereocenters. The molecule has 0 radical (unpaired) electrons. The maximum Gasteiger partial charge on any atom is 0.254 e. The second kappa shape index (κ2) is 10.4. The van der Waals surface area contributed by atoms with Crippen LogP contribution in [0.1, 0.15) is 45.6 Å². The third-order valence-corrected chi connectivity index (χ3v) is 7.02. The topological polar surface area (TPSA) is 45.2 Å². The van der Waals surface area contributed by atoms with Crippen molar-refractivity contribution >= 4 is 16.7 Å². The molecule has 4 heteroatoms. The summed E-state index contributed by atoms with van der Waals surface area (Å²) in [6, 6.07) is 27.7. The van der Waals surface area contributed by atoms with Gasteiger partial charge in [-0.05, 0) is 62.3 Å². The number of carbonyl (C=O) groups is 1. The summed E-state index contributed by atoms with van der Waals surface area (Å²) in [5, 5.41) is 6.12. The summed E-state index contributed by atoms with van der Waals surface area (Å²) in [6.07, 6.45) is 4.69. The van der Waals surface area contributed by atoms with E-state index in [4.69, 9.17) is 0 Å². The van der Waals surface area contributed by atoms with Gasteiger partial charge >= 0.3 is 0 Å². The van der Waals surface area contributed by atoms with Crippen LogP contribution in [0.4, 0.5) is 0 Å². The molecular weight excluding hydrogens is 430 g/mol. The Hall–Kier alpha value is -3.50. The number of amides is 1. The Bertz CT molecular complexity index is 1300. The van der Waals surface area contributed by atoms with E-state index >= 15 is 0 Å². The first-order chi connectivity index (χ1) is 17.0. The first-order valence-electron chi connectivity index (χ1n) is 12.6. The summed E-state index contributed by atoms with van der Waals surface area (Å²) in [7, 11) is 0. The Morgan fingerprint density at radius 3 is 2.43 bits per heavy atom. The molecule has 1 aromatic heterocycles. The van der Waals surface area contributed by atoms with Gasteiger partial charge in [0.15, 0.2) is 0 Å². The monoisotopic (exact) mass is 463 g/mol. The number of aromatic nitrogens is 1. The molecule has 178 valence electrons. The van der Waals surface area contributed by atoms with Gasteiger partial charge in [0, 0.05) is 42.3 Å². The average molecular weight is 464 g/mol. The minimum Gasteiger partial charge on any atom is -0.335 e. The minimum absolute atomic E-state index is 0.146. The number of fused-ring (bicyclic) bond motifs is 1. The molecule has 4 nitrogen and oxygen atoms in total. The lowest BCUT2D eigenvalue weighted by molar-refractivity contribution is 0.0576. The van der Waals surface area contributed by atoms with Gasteiger partial charge in [-0.25, -0.2) is 0 Å². The van der Waals surface area contributed by atoms with Gasteiger partial charge in [-0.2, -0.15) is 0 Å². The van der Waals surface area contributed by atoms with E-state index in [9.17, 15) is 4.79 Å².